The Bertz CT molecular complexity index is 817. The van der Waals surface area contributed by atoms with E-state index in [0.717, 1.165) is 5.56 Å². The molecule has 4 amide bonds. The standard InChI is InChI=1S/C21H28N4O6/c1-13(26)22-17-11-15(23-20(28)29)7-8-18(17)25-10-9-16(19(25)27)24-21(30)31-12-14-5-3-2-4-6-14/h2-6,15-18,23H,7-12H2,1H3,(H,22,26)(H,24,30)(H,28,29)/t15?,16?,17-,18+/m1/s1. The molecule has 0 radical (unpaired) electrons. The Hall–Kier alpha value is -3.30. The van der Waals surface area contributed by atoms with Crippen LogP contribution in [-0.4, -0.2) is 64.7 Å². The van der Waals surface area contributed by atoms with Crippen LogP contribution in [-0.2, 0) is 20.9 Å². The van der Waals surface area contributed by atoms with E-state index in [1.54, 1.807) is 4.90 Å². The molecule has 4 atom stereocenters. The lowest BCUT2D eigenvalue weighted by molar-refractivity contribution is -0.133. The molecule has 10 heteroatoms. The number of carbonyl (C=O) groups excluding carboxylic acids is 3. The van der Waals surface area contributed by atoms with Gasteiger partial charge in [-0.2, -0.15) is 0 Å². The third-order valence-corrected chi connectivity index (χ3v) is 5.68. The van der Waals surface area contributed by atoms with E-state index in [1.165, 1.54) is 6.92 Å². The Balaban J connectivity index is 1.56. The summed E-state index contributed by atoms with van der Waals surface area (Å²) in [6.07, 6.45) is 0.190. The van der Waals surface area contributed by atoms with Crippen LogP contribution in [0.5, 0.6) is 0 Å². The summed E-state index contributed by atoms with van der Waals surface area (Å²) in [5.74, 6) is -0.460. The van der Waals surface area contributed by atoms with Crippen LogP contribution in [0, 0.1) is 0 Å². The van der Waals surface area contributed by atoms with Gasteiger partial charge in [-0.05, 0) is 31.2 Å². The molecular weight excluding hydrogens is 404 g/mol. The maximum absolute atomic E-state index is 12.9. The highest BCUT2D eigenvalue weighted by molar-refractivity contribution is 5.88. The summed E-state index contributed by atoms with van der Waals surface area (Å²) in [6, 6.07) is 7.66. The number of hydrogen-bond donors (Lipinski definition) is 4. The molecule has 1 aromatic rings. The minimum absolute atomic E-state index is 0.114. The Morgan fingerprint density at radius 1 is 1.10 bits per heavy atom. The quantitative estimate of drug-likeness (QED) is 0.533. The minimum Gasteiger partial charge on any atom is -0.465 e. The van der Waals surface area contributed by atoms with Gasteiger partial charge in [0.25, 0.3) is 0 Å². The fraction of sp³-hybridized carbons (Fsp3) is 0.524. The molecule has 31 heavy (non-hydrogen) atoms. The maximum atomic E-state index is 12.9. The van der Waals surface area contributed by atoms with Gasteiger partial charge in [0, 0.05) is 19.5 Å². The number of hydrogen-bond acceptors (Lipinski definition) is 5. The first-order chi connectivity index (χ1) is 14.8. The molecule has 10 nitrogen and oxygen atoms in total. The van der Waals surface area contributed by atoms with Gasteiger partial charge in [-0.15, -0.1) is 0 Å². The number of likely N-dealkylation sites (tertiary alicyclic amines) is 1. The number of nitrogens with zero attached hydrogens (tertiary/aromatic N) is 1. The van der Waals surface area contributed by atoms with Gasteiger partial charge in [0.2, 0.25) is 11.8 Å². The number of alkyl carbamates (subject to hydrolysis) is 1. The molecule has 1 saturated heterocycles. The van der Waals surface area contributed by atoms with Gasteiger partial charge in [0.15, 0.2) is 0 Å². The van der Waals surface area contributed by atoms with Crippen LogP contribution in [0.1, 0.15) is 38.2 Å². The zero-order valence-electron chi connectivity index (χ0n) is 17.4. The number of carboxylic acid groups (broad SMARTS) is 1. The van der Waals surface area contributed by atoms with Gasteiger partial charge in [0.05, 0.1) is 12.1 Å². The first kappa shape index (κ1) is 22.4. The summed E-state index contributed by atoms with van der Waals surface area (Å²) < 4.78 is 5.20. The van der Waals surface area contributed by atoms with E-state index >= 15 is 0 Å². The van der Waals surface area contributed by atoms with Crippen molar-refractivity contribution < 1.29 is 29.0 Å². The van der Waals surface area contributed by atoms with Gasteiger partial charge in [0.1, 0.15) is 12.6 Å². The van der Waals surface area contributed by atoms with E-state index in [-0.39, 0.29) is 36.5 Å². The lowest BCUT2D eigenvalue weighted by Crippen LogP contribution is -2.58. The molecule has 1 aliphatic carbocycles. The third kappa shape index (κ3) is 6.09. The van der Waals surface area contributed by atoms with Crippen molar-refractivity contribution in [3.63, 3.8) is 0 Å². The smallest absolute Gasteiger partial charge is 0.408 e. The lowest BCUT2D eigenvalue weighted by Gasteiger charge is -2.41. The highest BCUT2D eigenvalue weighted by Gasteiger charge is 2.42. The number of ether oxygens (including phenoxy) is 1. The Morgan fingerprint density at radius 2 is 1.84 bits per heavy atom. The Labute approximate surface area is 180 Å². The fourth-order valence-electron chi connectivity index (χ4n) is 4.32. The minimum atomic E-state index is -1.11. The molecule has 2 unspecified atom stereocenters. The van der Waals surface area contributed by atoms with Crippen molar-refractivity contribution in [3.05, 3.63) is 35.9 Å². The summed E-state index contributed by atoms with van der Waals surface area (Å²) in [6.45, 7) is 1.95. The Kier molecular flexibility index (Phi) is 7.32. The monoisotopic (exact) mass is 432 g/mol. The van der Waals surface area contributed by atoms with Crippen LogP contribution in [0.2, 0.25) is 0 Å². The van der Waals surface area contributed by atoms with Crippen molar-refractivity contribution >= 4 is 24.0 Å². The summed E-state index contributed by atoms with van der Waals surface area (Å²) >= 11 is 0. The second-order valence-electron chi connectivity index (χ2n) is 7.91. The summed E-state index contributed by atoms with van der Waals surface area (Å²) in [7, 11) is 0. The number of rotatable bonds is 6. The normalized spacial score (nSPS) is 25.6. The average molecular weight is 432 g/mol. The van der Waals surface area contributed by atoms with Crippen LogP contribution in [0.15, 0.2) is 30.3 Å². The highest BCUT2D eigenvalue weighted by Crippen LogP contribution is 2.27. The summed E-state index contributed by atoms with van der Waals surface area (Å²) in [5.41, 5.74) is 0.849. The molecule has 1 heterocycles. The van der Waals surface area contributed by atoms with Crippen LogP contribution in [0.4, 0.5) is 9.59 Å². The van der Waals surface area contributed by atoms with Crippen molar-refractivity contribution in [2.24, 2.45) is 0 Å². The van der Waals surface area contributed by atoms with Crippen LogP contribution >= 0.6 is 0 Å². The molecule has 2 fully saturated rings. The van der Waals surface area contributed by atoms with Gasteiger partial charge in [-0.1, -0.05) is 30.3 Å². The molecule has 0 aromatic heterocycles. The zero-order chi connectivity index (χ0) is 22.4. The highest BCUT2D eigenvalue weighted by atomic mass is 16.5. The van der Waals surface area contributed by atoms with E-state index in [9.17, 15) is 19.2 Å². The topological polar surface area (TPSA) is 137 Å². The third-order valence-electron chi connectivity index (χ3n) is 5.68. The van der Waals surface area contributed by atoms with Crippen LogP contribution < -0.4 is 16.0 Å². The molecule has 168 valence electrons. The van der Waals surface area contributed by atoms with Crippen LogP contribution in [0.3, 0.4) is 0 Å². The summed E-state index contributed by atoms with van der Waals surface area (Å²) in [5, 5.41) is 16.9. The fourth-order valence-corrected chi connectivity index (χ4v) is 4.32. The van der Waals surface area contributed by atoms with Crippen LogP contribution in [0.25, 0.3) is 0 Å². The van der Waals surface area contributed by atoms with E-state index in [1.807, 2.05) is 30.3 Å². The molecule has 1 aliphatic heterocycles. The van der Waals surface area contributed by atoms with Gasteiger partial charge in [-0.3, -0.25) is 9.59 Å². The van der Waals surface area contributed by atoms with Crippen molar-refractivity contribution in [3.8, 4) is 0 Å². The van der Waals surface area contributed by atoms with E-state index in [0.29, 0.717) is 32.2 Å². The molecule has 4 N–H and O–H groups in total. The van der Waals surface area contributed by atoms with Gasteiger partial charge < -0.3 is 30.7 Å². The van der Waals surface area contributed by atoms with Crippen molar-refractivity contribution in [1.29, 1.82) is 0 Å². The predicted octanol–water partition coefficient (Wildman–Crippen LogP) is 1.21. The largest absolute Gasteiger partial charge is 0.465 e. The second-order valence-corrected chi connectivity index (χ2v) is 7.91. The first-order valence-electron chi connectivity index (χ1n) is 10.4. The maximum Gasteiger partial charge on any atom is 0.408 e. The molecule has 2 aliphatic rings. The van der Waals surface area contributed by atoms with E-state index < -0.39 is 18.2 Å². The SMILES string of the molecule is CC(=O)N[C@@H]1CC(NC(=O)O)CC[C@@H]1N1CCC(NC(=O)OCc2ccccc2)C1=O. The van der Waals surface area contributed by atoms with Crippen molar-refractivity contribution in [2.45, 2.75) is 63.4 Å². The summed E-state index contributed by atoms with van der Waals surface area (Å²) in [4.78, 5) is 49.4. The van der Waals surface area contributed by atoms with Gasteiger partial charge >= 0.3 is 12.2 Å². The molecule has 0 spiro atoms. The number of amides is 4. The predicted molar refractivity (Wildman–Crippen MR) is 110 cm³/mol. The van der Waals surface area contributed by atoms with Crippen molar-refractivity contribution in [2.75, 3.05) is 6.54 Å². The molecule has 1 aromatic carbocycles. The lowest BCUT2D eigenvalue weighted by atomic mass is 9.85. The Morgan fingerprint density at radius 3 is 2.52 bits per heavy atom. The first-order valence-corrected chi connectivity index (χ1v) is 10.4. The molecule has 1 saturated carbocycles. The average Bonchev–Trinajstić information content (AvgIpc) is 3.07. The van der Waals surface area contributed by atoms with Gasteiger partial charge in [-0.25, -0.2) is 9.59 Å². The molecule has 3 rings (SSSR count). The number of carbonyl (C=O) groups is 4. The zero-order valence-corrected chi connectivity index (χ0v) is 17.4. The number of nitrogens with one attached hydrogen (secondary N) is 3. The molecular formula is C21H28N4O6. The van der Waals surface area contributed by atoms with E-state index in [4.69, 9.17) is 9.84 Å². The van der Waals surface area contributed by atoms with Crippen molar-refractivity contribution in [1.82, 2.24) is 20.9 Å². The number of benzene rings is 1. The second kappa shape index (κ2) is 10.1. The molecule has 0 bridgehead atoms. The van der Waals surface area contributed by atoms with E-state index in [2.05, 4.69) is 16.0 Å².